The maximum atomic E-state index is 12.3. The highest BCUT2D eigenvalue weighted by Gasteiger charge is 2.18. The van der Waals surface area contributed by atoms with Gasteiger partial charge in [0, 0.05) is 11.6 Å². The summed E-state index contributed by atoms with van der Waals surface area (Å²) < 4.78 is 29.6. The van der Waals surface area contributed by atoms with Crippen LogP contribution in [0.1, 0.15) is 11.1 Å². The first kappa shape index (κ1) is 16.6. The number of rotatable bonds is 5. The summed E-state index contributed by atoms with van der Waals surface area (Å²) in [6.45, 7) is 1.83. The Morgan fingerprint density at radius 1 is 1.13 bits per heavy atom. The van der Waals surface area contributed by atoms with E-state index in [1.165, 1.54) is 30.3 Å². The van der Waals surface area contributed by atoms with Gasteiger partial charge in [-0.15, -0.1) is 0 Å². The Balaban J connectivity index is 2.39. The summed E-state index contributed by atoms with van der Waals surface area (Å²) in [6.07, 6.45) is 1.96. The van der Waals surface area contributed by atoms with E-state index in [1.54, 1.807) is 12.1 Å². The Morgan fingerprint density at radius 2 is 1.78 bits per heavy atom. The van der Waals surface area contributed by atoms with Crippen LogP contribution in [0.2, 0.25) is 0 Å². The molecule has 2 N–H and O–H groups in total. The first-order valence-corrected chi connectivity index (χ1v) is 7.94. The lowest BCUT2D eigenvalue weighted by Gasteiger charge is -2.10. The van der Waals surface area contributed by atoms with Gasteiger partial charge in [-0.3, -0.25) is 0 Å². The SMILES string of the molecule is Cc1ccc(S(=O)(=O)Oc2ccc(O)cc2/C=C/C(=O)O)cc1. The van der Waals surface area contributed by atoms with E-state index >= 15 is 0 Å². The number of carboxylic acids is 1. The molecule has 7 heteroatoms. The smallest absolute Gasteiger partial charge is 0.339 e. The number of aliphatic carboxylic acids is 1. The number of carbonyl (C=O) groups is 1. The van der Waals surface area contributed by atoms with Crippen molar-refractivity contribution >= 4 is 22.2 Å². The molecule has 0 saturated heterocycles. The van der Waals surface area contributed by atoms with E-state index in [0.29, 0.717) is 0 Å². The summed E-state index contributed by atoms with van der Waals surface area (Å²) in [4.78, 5) is 10.6. The van der Waals surface area contributed by atoms with Crippen molar-refractivity contribution in [3.8, 4) is 11.5 Å². The van der Waals surface area contributed by atoms with Crippen LogP contribution in [0, 0.1) is 6.92 Å². The van der Waals surface area contributed by atoms with Crippen LogP contribution in [-0.4, -0.2) is 24.6 Å². The van der Waals surface area contributed by atoms with Gasteiger partial charge in [-0.05, 0) is 43.3 Å². The molecule has 0 radical (unpaired) electrons. The summed E-state index contributed by atoms with van der Waals surface area (Å²) in [5.41, 5.74) is 1.03. The fourth-order valence-corrected chi connectivity index (χ4v) is 2.73. The van der Waals surface area contributed by atoms with Crippen LogP contribution >= 0.6 is 0 Å². The predicted molar refractivity (Wildman–Crippen MR) is 83.8 cm³/mol. The average molecular weight is 334 g/mol. The van der Waals surface area contributed by atoms with Crippen LogP contribution < -0.4 is 4.18 Å². The van der Waals surface area contributed by atoms with E-state index in [0.717, 1.165) is 17.7 Å². The molecule has 120 valence electrons. The second kappa shape index (κ2) is 6.53. The van der Waals surface area contributed by atoms with Crippen molar-refractivity contribution in [2.24, 2.45) is 0 Å². The van der Waals surface area contributed by atoms with E-state index in [4.69, 9.17) is 9.29 Å². The summed E-state index contributed by atoms with van der Waals surface area (Å²) in [5.74, 6) is -1.43. The van der Waals surface area contributed by atoms with E-state index in [1.807, 2.05) is 6.92 Å². The molecule has 0 unspecified atom stereocenters. The highest BCUT2D eigenvalue weighted by molar-refractivity contribution is 7.87. The number of benzene rings is 2. The van der Waals surface area contributed by atoms with Crippen molar-refractivity contribution in [2.75, 3.05) is 0 Å². The van der Waals surface area contributed by atoms with Gasteiger partial charge in [0.2, 0.25) is 0 Å². The number of phenols is 1. The highest BCUT2D eigenvalue weighted by atomic mass is 32.2. The molecule has 6 nitrogen and oxygen atoms in total. The van der Waals surface area contributed by atoms with Crippen molar-refractivity contribution in [3.05, 3.63) is 59.7 Å². The van der Waals surface area contributed by atoms with E-state index in [-0.39, 0.29) is 22.0 Å². The van der Waals surface area contributed by atoms with Gasteiger partial charge in [0.15, 0.2) is 0 Å². The lowest BCUT2D eigenvalue weighted by atomic mass is 10.2. The van der Waals surface area contributed by atoms with Crippen LogP contribution in [0.25, 0.3) is 6.08 Å². The topological polar surface area (TPSA) is 101 Å². The molecule has 0 aromatic heterocycles. The van der Waals surface area contributed by atoms with Crippen LogP contribution in [0.4, 0.5) is 0 Å². The second-order valence-corrected chi connectivity index (χ2v) is 6.29. The maximum absolute atomic E-state index is 12.3. The minimum atomic E-state index is -4.07. The third kappa shape index (κ3) is 4.33. The summed E-state index contributed by atoms with van der Waals surface area (Å²) in [7, 11) is -4.07. The van der Waals surface area contributed by atoms with Gasteiger partial charge in [-0.25, -0.2) is 4.79 Å². The van der Waals surface area contributed by atoms with Crippen molar-refractivity contribution < 1.29 is 27.6 Å². The molecule has 0 bridgehead atoms. The Morgan fingerprint density at radius 3 is 2.39 bits per heavy atom. The minimum absolute atomic E-state index is 0.0238. The normalized spacial score (nSPS) is 11.5. The molecule has 0 spiro atoms. The number of phenolic OH excluding ortho intramolecular Hbond substituents is 1. The first-order chi connectivity index (χ1) is 10.8. The summed E-state index contributed by atoms with van der Waals surface area (Å²) in [6, 6.07) is 9.81. The van der Waals surface area contributed by atoms with Crippen LogP contribution in [0.5, 0.6) is 11.5 Å². The zero-order valence-electron chi connectivity index (χ0n) is 12.1. The third-order valence-electron chi connectivity index (χ3n) is 2.91. The fourth-order valence-electron chi connectivity index (χ4n) is 1.77. The monoisotopic (exact) mass is 334 g/mol. The van der Waals surface area contributed by atoms with E-state index < -0.39 is 16.1 Å². The van der Waals surface area contributed by atoms with Gasteiger partial charge in [-0.1, -0.05) is 17.7 Å². The van der Waals surface area contributed by atoms with Crippen LogP contribution in [0.15, 0.2) is 53.4 Å². The second-order valence-electron chi connectivity index (χ2n) is 4.74. The van der Waals surface area contributed by atoms with E-state index in [9.17, 15) is 18.3 Å². The zero-order chi connectivity index (χ0) is 17.0. The van der Waals surface area contributed by atoms with Crippen molar-refractivity contribution in [1.29, 1.82) is 0 Å². The molecule has 0 amide bonds. The van der Waals surface area contributed by atoms with Gasteiger partial charge in [0.05, 0.1) is 0 Å². The van der Waals surface area contributed by atoms with Crippen molar-refractivity contribution in [3.63, 3.8) is 0 Å². The Bertz CT molecular complexity index is 851. The highest BCUT2D eigenvalue weighted by Crippen LogP contribution is 2.28. The number of hydrogen-bond donors (Lipinski definition) is 2. The van der Waals surface area contributed by atoms with Crippen LogP contribution in [0.3, 0.4) is 0 Å². The standard InChI is InChI=1S/C16H14O6S/c1-11-2-6-14(7-3-11)23(20,21)22-15-8-5-13(17)10-12(15)4-9-16(18)19/h2-10,17H,1H3,(H,18,19)/b9-4+. The number of hydrogen-bond acceptors (Lipinski definition) is 5. The Hall–Kier alpha value is -2.80. The van der Waals surface area contributed by atoms with Gasteiger partial charge < -0.3 is 14.4 Å². The molecule has 0 saturated carbocycles. The zero-order valence-corrected chi connectivity index (χ0v) is 12.9. The molecule has 0 heterocycles. The minimum Gasteiger partial charge on any atom is -0.508 e. The summed E-state index contributed by atoms with van der Waals surface area (Å²) >= 11 is 0. The molecule has 0 aliphatic rings. The molecule has 0 aliphatic heterocycles. The quantitative estimate of drug-likeness (QED) is 0.644. The molecular formula is C16H14O6S. The number of aromatic hydroxyl groups is 1. The number of aryl methyl sites for hydroxylation is 1. The molecule has 2 rings (SSSR count). The maximum Gasteiger partial charge on any atom is 0.339 e. The Kier molecular flexibility index (Phi) is 4.71. The first-order valence-electron chi connectivity index (χ1n) is 6.53. The lowest BCUT2D eigenvalue weighted by molar-refractivity contribution is -0.131. The largest absolute Gasteiger partial charge is 0.508 e. The van der Waals surface area contributed by atoms with Crippen LogP contribution in [-0.2, 0) is 14.9 Å². The van der Waals surface area contributed by atoms with Gasteiger partial charge in [-0.2, -0.15) is 8.42 Å². The van der Waals surface area contributed by atoms with Gasteiger partial charge in [0.1, 0.15) is 16.4 Å². The third-order valence-corrected chi connectivity index (χ3v) is 4.16. The molecule has 0 aliphatic carbocycles. The molecule has 2 aromatic carbocycles. The van der Waals surface area contributed by atoms with Crippen molar-refractivity contribution in [1.82, 2.24) is 0 Å². The lowest BCUT2D eigenvalue weighted by Crippen LogP contribution is -2.10. The number of carboxylic acid groups (broad SMARTS) is 1. The molecule has 0 atom stereocenters. The van der Waals surface area contributed by atoms with Gasteiger partial charge >= 0.3 is 16.1 Å². The molecule has 2 aromatic rings. The fraction of sp³-hybridized carbons (Fsp3) is 0.0625. The van der Waals surface area contributed by atoms with Gasteiger partial charge in [0.25, 0.3) is 0 Å². The van der Waals surface area contributed by atoms with E-state index in [2.05, 4.69) is 0 Å². The van der Waals surface area contributed by atoms with Crippen molar-refractivity contribution in [2.45, 2.75) is 11.8 Å². The molecule has 0 fully saturated rings. The predicted octanol–water partition coefficient (Wildman–Crippen LogP) is 2.57. The molecule has 23 heavy (non-hydrogen) atoms. The molecular weight excluding hydrogens is 320 g/mol. The Labute approximate surface area is 133 Å². The summed E-state index contributed by atoms with van der Waals surface area (Å²) in [5, 5.41) is 18.1. The average Bonchev–Trinajstić information content (AvgIpc) is 2.47.